The molecular weight excluding hydrogens is 337 g/mol. The van der Waals surface area contributed by atoms with Crippen molar-refractivity contribution in [3.8, 4) is 0 Å². The van der Waals surface area contributed by atoms with Crippen molar-refractivity contribution in [2.24, 2.45) is 0 Å². The minimum atomic E-state index is -0.489. The van der Waals surface area contributed by atoms with Crippen LogP contribution in [0.3, 0.4) is 0 Å². The van der Waals surface area contributed by atoms with Crippen LogP contribution in [0.15, 0.2) is 18.2 Å². The third-order valence-corrected chi connectivity index (χ3v) is 5.16. The maximum Gasteiger partial charge on any atom is 0.237 e. The highest BCUT2D eigenvalue weighted by atomic mass is 35.5. The summed E-state index contributed by atoms with van der Waals surface area (Å²) in [7, 11) is 0. The largest absolute Gasteiger partial charge is 0.350 e. The first-order valence-corrected chi connectivity index (χ1v) is 8.60. The van der Waals surface area contributed by atoms with Crippen molar-refractivity contribution in [3.63, 3.8) is 0 Å². The Hall–Kier alpha value is -1.30. The molecule has 5 nitrogen and oxygen atoms in total. The SMILES string of the molecule is O=C(C[C@@H]1N[C@@H]2CCCC[C@H]2NC1=O)Nc1ccc(Cl)c(Cl)c1. The molecule has 3 N–H and O–H groups in total. The zero-order valence-corrected chi connectivity index (χ0v) is 14.1. The maximum absolute atomic E-state index is 12.2. The van der Waals surface area contributed by atoms with Crippen LogP contribution >= 0.6 is 23.2 Å². The van der Waals surface area contributed by atoms with Gasteiger partial charge in [-0.3, -0.25) is 9.59 Å². The molecule has 2 fully saturated rings. The van der Waals surface area contributed by atoms with E-state index in [-0.39, 0.29) is 30.3 Å². The number of piperazine rings is 1. The van der Waals surface area contributed by atoms with E-state index in [1.54, 1.807) is 18.2 Å². The minimum absolute atomic E-state index is 0.0926. The first kappa shape index (κ1) is 16.6. The number of halogens is 2. The Kier molecular flexibility index (Phi) is 5.09. The summed E-state index contributed by atoms with van der Waals surface area (Å²) in [5, 5.41) is 9.91. The van der Waals surface area contributed by atoms with E-state index in [0.29, 0.717) is 15.7 Å². The van der Waals surface area contributed by atoms with Crippen LogP contribution in [-0.2, 0) is 9.59 Å². The number of fused-ring (bicyclic) bond motifs is 1. The van der Waals surface area contributed by atoms with Gasteiger partial charge < -0.3 is 16.0 Å². The fourth-order valence-electron chi connectivity index (χ4n) is 3.24. The van der Waals surface area contributed by atoms with Crippen molar-refractivity contribution in [2.75, 3.05) is 5.32 Å². The zero-order valence-electron chi connectivity index (χ0n) is 12.6. The maximum atomic E-state index is 12.2. The first-order valence-electron chi connectivity index (χ1n) is 7.84. The summed E-state index contributed by atoms with van der Waals surface area (Å²) in [6.45, 7) is 0. The molecule has 23 heavy (non-hydrogen) atoms. The molecule has 2 aliphatic rings. The third-order valence-electron chi connectivity index (χ3n) is 4.42. The second-order valence-electron chi connectivity index (χ2n) is 6.11. The summed E-state index contributed by atoms with van der Waals surface area (Å²) < 4.78 is 0. The third kappa shape index (κ3) is 3.97. The van der Waals surface area contributed by atoms with Gasteiger partial charge in [0.25, 0.3) is 0 Å². The number of carbonyl (C=O) groups is 2. The van der Waals surface area contributed by atoms with Crippen molar-refractivity contribution < 1.29 is 9.59 Å². The highest BCUT2D eigenvalue weighted by molar-refractivity contribution is 6.42. The summed E-state index contributed by atoms with van der Waals surface area (Å²) in [6, 6.07) is 4.87. The lowest BCUT2D eigenvalue weighted by Crippen LogP contribution is -2.65. The molecule has 0 spiro atoms. The van der Waals surface area contributed by atoms with Crippen LogP contribution < -0.4 is 16.0 Å². The summed E-state index contributed by atoms with van der Waals surface area (Å²) in [4.78, 5) is 24.3. The molecule has 124 valence electrons. The Bertz CT molecular complexity index is 623. The van der Waals surface area contributed by atoms with Gasteiger partial charge >= 0.3 is 0 Å². The molecule has 3 rings (SSSR count). The molecule has 1 saturated carbocycles. The normalized spacial score (nSPS) is 27.0. The number of benzene rings is 1. The van der Waals surface area contributed by atoms with E-state index < -0.39 is 6.04 Å². The standard InChI is InChI=1S/C16H19Cl2N3O2/c17-10-6-5-9(7-11(10)18)19-15(22)8-14-16(23)21-13-4-2-1-3-12(13)20-14/h5-7,12-14,20H,1-4,8H2,(H,19,22)(H,21,23)/t12-,13-,14+/m1/s1. The van der Waals surface area contributed by atoms with Crippen LogP contribution in [-0.4, -0.2) is 29.9 Å². The molecule has 0 aromatic heterocycles. The Balaban J connectivity index is 1.58. The molecule has 2 amide bonds. The minimum Gasteiger partial charge on any atom is -0.350 e. The highest BCUT2D eigenvalue weighted by Crippen LogP contribution is 2.25. The van der Waals surface area contributed by atoms with Gasteiger partial charge in [0.1, 0.15) is 0 Å². The second-order valence-corrected chi connectivity index (χ2v) is 6.92. The fraction of sp³-hybridized carbons (Fsp3) is 0.500. The molecule has 1 heterocycles. The molecule has 7 heteroatoms. The Morgan fingerprint density at radius 3 is 2.65 bits per heavy atom. The van der Waals surface area contributed by atoms with E-state index in [2.05, 4.69) is 16.0 Å². The van der Waals surface area contributed by atoms with Crippen LogP contribution in [0.4, 0.5) is 5.69 Å². The molecule has 0 bridgehead atoms. The van der Waals surface area contributed by atoms with E-state index in [4.69, 9.17) is 23.2 Å². The van der Waals surface area contributed by atoms with Crippen molar-refractivity contribution in [3.05, 3.63) is 28.2 Å². The Morgan fingerprint density at radius 1 is 1.17 bits per heavy atom. The number of rotatable bonds is 3. The molecule has 0 unspecified atom stereocenters. The number of amides is 2. The first-order chi connectivity index (χ1) is 11.0. The summed E-state index contributed by atoms with van der Waals surface area (Å²) in [5.41, 5.74) is 0.566. The van der Waals surface area contributed by atoms with Gasteiger partial charge in [-0.15, -0.1) is 0 Å². The second kappa shape index (κ2) is 7.07. The predicted molar refractivity (Wildman–Crippen MR) is 90.8 cm³/mol. The van der Waals surface area contributed by atoms with Gasteiger partial charge in [0.2, 0.25) is 11.8 Å². The van der Waals surface area contributed by atoms with Crippen LogP contribution in [0, 0.1) is 0 Å². The molecule has 1 saturated heterocycles. The van der Waals surface area contributed by atoms with E-state index >= 15 is 0 Å². The lowest BCUT2D eigenvalue weighted by atomic mass is 9.87. The predicted octanol–water partition coefficient (Wildman–Crippen LogP) is 2.72. The molecule has 1 aliphatic heterocycles. The lowest BCUT2D eigenvalue weighted by Gasteiger charge is -2.40. The van der Waals surface area contributed by atoms with Crippen molar-refractivity contribution in [1.29, 1.82) is 0 Å². The molecular formula is C16H19Cl2N3O2. The summed E-state index contributed by atoms with van der Waals surface area (Å²) in [5.74, 6) is -0.331. The van der Waals surface area contributed by atoms with Gasteiger partial charge in [-0.2, -0.15) is 0 Å². The number of carbonyl (C=O) groups excluding carboxylic acids is 2. The van der Waals surface area contributed by atoms with E-state index in [0.717, 1.165) is 25.7 Å². The van der Waals surface area contributed by atoms with Crippen molar-refractivity contribution in [2.45, 2.75) is 50.2 Å². The molecule has 0 radical (unpaired) electrons. The average molecular weight is 356 g/mol. The topological polar surface area (TPSA) is 70.2 Å². The van der Waals surface area contributed by atoms with Gasteiger partial charge in [0.05, 0.1) is 22.5 Å². The molecule has 3 atom stereocenters. The monoisotopic (exact) mass is 355 g/mol. The number of nitrogens with one attached hydrogen (secondary N) is 3. The van der Waals surface area contributed by atoms with Crippen LogP contribution in [0.25, 0.3) is 0 Å². The van der Waals surface area contributed by atoms with E-state index in [1.165, 1.54) is 0 Å². The lowest BCUT2D eigenvalue weighted by molar-refractivity contribution is -0.129. The summed E-state index contributed by atoms with van der Waals surface area (Å²) in [6.07, 6.45) is 4.44. The van der Waals surface area contributed by atoms with E-state index in [9.17, 15) is 9.59 Å². The average Bonchev–Trinajstić information content (AvgIpc) is 2.51. The van der Waals surface area contributed by atoms with Crippen LogP contribution in [0.2, 0.25) is 10.0 Å². The fourth-order valence-corrected chi connectivity index (χ4v) is 3.54. The van der Waals surface area contributed by atoms with Crippen molar-refractivity contribution in [1.82, 2.24) is 10.6 Å². The van der Waals surface area contributed by atoms with Crippen LogP contribution in [0.1, 0.15) is 32.1 Å². The quantitative estimate of drug-likeness (QED) is 0.780. The molecule has 1 aromatic rings. The highest BCUT2D eigenvalue weighted by Gasteiger charge is 2.36. The number of hydrogen-bond acceptors (Lipinski definition) is 3. The van der Waals surface area contributed by atoms with Gasteiger partial charge in [0.15, 0.2) is 0 Å². The number of anilines is 1. The van der Waals surface area contributed by atoms with Gasteiger partial charge in [-0.05, 0) is 31.0 Å². The summed E-state index contributed by atoms with van der Waals surface area (Å²) >= 11 is 11.8. The number of hydrogen-bond donors (Lipinski definition) is 3. The van der Waals surface area contributed by atoms with E-state index in [1.807, 2.05) is 0 Å². The zero-order chi connectivity index (χ0) is 16.4. The van der Waals surface area contributed by atoms with Crippen molar-refractivity contribution >= 4 is 40.7 Å². The smallest absolute Gasteiger partial charge is 0.237 e. The van der Waals surface area contributed by atoms with Gasteiger partial charge in [0, 0.05) is 17.8 Å². The molecule has 1 aromatic carbocycles. The van der Waals surface area contributed by atoms with Gasteiger partial charge in [-0.25, -0.2) is 0 Å². The Labute approximate surface area is 145 Å². The Morgan fingerprint density at radius 2 is 1.91 bits per heavy atom. The van der Waals surface area contributed by atoms with Crippen LogP contribution in [0.5, 0.6) is 0 Å². The molecule has 1 aliphatic carbocycles. The van der Waals surface area contributed by atoms with Gasteiger partial charge in [-0.1, -0.05) is 36.0 Å².